The lowest BCUT2D eigenvalue weighted by Crippen LogP contribution is -2.46. The van der Waals surface area contributed by atoms with Crippen LogP contribution in [0.15, 0.2) is 6.07 Å². The molecule has 0 spiro atoms. The van der Waals surface area contributed by atoms with Crippen LogP contribution in [0.4, 0.5) is 5.82 Å². The number of nitrogens with one attached hydrogen (secondary N) is 1. The number of ether oxygens (including phenoxy) is 1. The number of hydrogen-bond donors (Lipinski definition) is 2. The van der Waals surface area contributed by atoms with Crippen LogP contribution >= 0.6 is 12.6 Å². The van der Waals surface area contributed by atoms with E-state index in [1.165, 1.54) is 10.7 Å². The minimum Gasteiger partial charge on any atom is -0.464 e. The Hall–Kier alpha value is -2.10. The average molecular weight is 344 g/mol. The van der Waals surface area contributed by atoms with Gasteiger partial charge in [0.15, 0.2) is 6.04 Å². The van der Waals surface area contributed by atoms with Crippen LogP contribution in [0.3, 0.4) is 0 Å². The van der Waals surface area contributed by atoms with Gasteiger partial charge in [0, 0.05) is 5.75 Å². The molecule has 0 aliphatic heterocycles. The van der Waals surface area contributed by atoms with Crippen LogP contribution in [0, 0.1) is 17.0 Å². The van der Waals surface area contributed by atoms with Gasteiger partial charge in [0.1, 0.15) is 6.04 Å². The summed E-state index contributed by atoms with van der Waals surface area (Å²) in [5.74, 6) is -1.29. The van der Waals surface area contributed by atoms with E-state index in [1.807, 2.05) is 0 Å². The van der Waals surface area contributed by atoms with Crippen molar-refractivity contribution in [2.45, 2.75) is 39.3 Å². The quantitative estimate of drug-likeness (QED) is 0.315. The molecular formula is C13H20N4O5S. The molecule has 1 amide bonds. The number of thiol groups is 1. The third-order valence-corrected chi connectivity index (χ3v) is 3.52. The number of rotatable bonds is 8. The van der Waals surface area contributed by atoms with Gasteiger partial charge in [-0.15, -0.1) is 0 Å². The molecule has 1 heterocycles. The largest absolute Gasteiger partial charge is 0.464 e. The molecular weight excluding hydrogens is 324 g/mol. The van der Waals surface area contributed by atoms with Crippen LogP contribution in [0.25, 0.3) is 0 Å². The maximum absolute atomic E-state index is 12.4. The standard InChI is InChI=1S/C13H20N4O5S/c1-4-10(16-8(3)6-11(15-16)17(20)21)12(18)14-9(7-23)13(19)22-5-2/h6,9-10,23H,4-5,7H2,1-3H3,(H,14,18)/t9-,10?/m0/s1. The molecule has 0 saturated carbocycles. The zero-order chi connectivity index (χ0) is 17.6. The van der Waals surface area contributed by atoms with Gasteiger partial charge in [-0.3, -0.25) is 4.79 Å². The summed E-state index contributed by atoms with van der Waals surface area (Å²) in [7, 11) is 0. The number of hydrogen-bond acceptors (Lipinski definition) is 7. The Labute approximate surface area is 138 Å². The van der Waals surface area contributed by atoms with Gasteiger partial charge in [0.25, 0.3) is 0 Å². The molecule has 0 bridgehead atoms. The number of aryl methyl sites for hydroxylation is 1. The van der Waals surface area contributed by atoms with Crippen molar-refractivity contribution in [2.24, 2.45) is 0 Å². The van der Waals surface area contributed by atoms with Gasteiger partial charge < -0.3 is 20.2 Å². The van der Waals surface area contributed by atoms with E-state index in [0.29, 0.717) is 12.1 Å². The molecule has 1 aromatic rings. The van der Waals surface area contributed by atoms with Gasteiger partial charge in [-0.05, 0) is 25.2 Å². The molecule has 1 unspecified atom stereocenters. The van der Waals surface area contributed by atoms with E-state index in [9.17, 15) is 19.7 Å². The van der Waals surface area contributed by atoms with Crippen LogP contribution in [-0.4, -0.2) is 45.0 Å². The van der Waals surface area contributed by atoms with Crippen molar-refractivity contribution in [3.8, 4) is 0 Å². The highest BCUT2D eigenvalue weighted by Gasteiger charge is 2.30. The summed E-state index contributed by atoms with van der Waals surface area (Å²) in [6.45, 7) is 5.23. The Morgan fingerprint density at radius 3 is 2.61 bits per heavy atom. The number of nitro groups is 1. The predicted molar refractivity (Wildman–Crippen MR) is 85.4 cm³/mol. The molecule has 0 fully saturated rings. The molecule has 1 aromatic heterocycles. The third-order valence-electron chi connectivity index (χ3n) is 3.15. The first-order valence-electron chi connectivity index (χ1n) is 7.14. The summed E-state index contributed by atoms with van der Waals surface area (Å²) in [4.78, 5) is 34.3. The van der Waals surface area contributed by atoms with Gasteiger partial charge in [-0.1, -0.05) is 6.92 Å². The van der Waals surface area contributed by atoms with Gasteiger partial charge in [-0.2, -0.15) is 17.3 Å². The molecule has 0 saturated heterocycles. The van der Waals surface area contributed by atoms with Crippen LogP contribution < -0.4 is 5.32 Å². The monoisotopic (exact) mass is 344 g/mol. The first kappa shape index (κ1) is 18.9. The van der Waals surface area contributed by atoms with Crippen LogP contribution in [0.5, 0.6) is 0 Å². The molecule has 0 aromatic carbocycles. The lowest BCUT2D eigenvalue weighted by Gasteiger charge is -2.19. The zero-order valence-corrected chi connectivity index (χ0v) is 14.1. The first-order chi connectivity index (χ1) is 10.8. The van der Waals surface area contributed by atoms with Crippen molar-refractivity contribution in [2.75, 3.05) is 12.4 Å². The fraction of sp³-hybridized carbons (Fsp3) is 0.615. The molecule has 2 atom stereocenters. The Morgan fingerprint density at radius 2 is 2.17 bits per heavy atom. The van der Waals surface area contributed by atoms with E-state index in [2.05, 4.69) is 23.0 Å². The van der Waals surface area contributed by atoms with Crippen molar-refractivity contribution < 1.29 is 19.2 Å². The fourth-order valence-electron chi connectivity index (χ4n) is 2.04. The number of nitrogens with zero attached hydrogens (tertiary/aromatic N) is 3. The summed E-state index contributed by atoms with van der Waals surface area (Å²) in [6, 6.07) is -0.358. The van der Waals surface area contributed by atoms with Gasteiger partial charge in [0.2, 0.25) is 5.91 Å². The van der Waals surface area contributed by atoms with E-state index in [-0.39, 0.29) is 18.2 Å². The highest BCUT2D eigenvalue weighted by molar-refractivity contribution is 7.80. The summed E-state index contributed by atoms with van der Waals surface area (Å²) < 4.78 is 6.15. The minimum atomic E-state index is -0.884. The summed E-state index contributed by atoms with van der Waals surface area (Å²) in [6.07, 6.45) is 0.355. The topological polar surface area (TPSA) is 116 Å². The number of carbonyl (C=O) groups is 2. The molecule has 0 radical (unpaired) electrons. The van der Waals surface area contributed by atoms with Crippen molar-refractivity contribution in [1.29, 1.82) is 0 Å². The second-order valence-corrected chi connectivity index (χ2v) is 5.13. The highest BCUT2D eigenvalue weighted by atomic mass is 32.1. The molecule has 0 aliphatic rings. The number of carbonyl (C=O) groups excluding carboxylic acids is 2. The zero-order valence-electron chi connectivity index (χ0n) is 13.2. The summed E-state index contributed by atoms with van der Waals surface area (Å²) in [5, 5.41) is 17.2. The highest BCUT2D eigenvalue weighted by Crippen LogP contribution is 2.19. The second-order valence-electron chi connectivity index (χ2n) is 4.77. The van der Waals surface area contributed by atoms with Crippen LogP contribution in [0.2, 0.25) is 0 Å². The number of amides is 1. The van der Waals surface area contributed by atoms with Gasteiger partial charge >= 0.3 is 11.8 Å². The van der Waals surface area contributed by atoms with E-state index >= 15 is 0 Å². The molecule has 10 heteroatoms. The van der Waals surface area contributed by atoms with E-state index in [1.54, 1.807) is 20.8 Å². The molecule has 23 heavy (non-hydrogen) atoms. The molecule has 1 N–H and O–H groups in total. The first-order valence-corrected chi connectivity index (χ1v) is 7.77. The van der Waals surface area contributed by atoms with Crippen molar-refractivity contribution in [1.82, 2.24) is 15.1 Å². The Bertz CT molecular complexity index is 589. The Kier molecular flexibility index (Phi) is 7.01. The second kappa shape index (κ2) is 8.51. The van der Waals surface area contributed by atoms with Crippen molar-refractivity contribution in [3.05, 3.63) is 21.9 Å². The van der Waals surface area contributed by atoms with Crippen molar-refractivity contribution in [3.63, 3.8) is 0 Å². The van der Waals surface area contributed by atoms with Gasteiger partial charge in [0.05, 0.1) is 23.5 Å². The SMILES string of the molecule is CCOC(=O)[C@H](CS)NC(=O)C(CC)n1nc([N+](=O)[O-])cc1C. The summed E-state index contributed by atoms with van der Waals surface area (Å²) >= 11 is 4.03. The minimum absolute atomic E-state index is 0.0826. The van der Waals surface area contributed by atoms with E-state index < -0.39 is 28.9 Å². The smallest absolute Gasteiger partial charge is 0.390 e. The maximum atomic E-state index is 12.4. The third kappa shape index (κ3) is 4.68. The summed E-state index contributed by atoms with van der Waals surface area (Å²) in [5.41, 5.74) is 0.484. The van der Waals surface area contributed by atoms with Crippen LogP contribution in [-0.2, 0) is 14.3 Å². The molecule has 128 valence electrons. The van der Waals surface area contributed by atoms with Crippen molar-refractivity contribution >= 4 is 30.3 Å². The normalized spacial score (nSPS) is 13.2. The Morgan fingerprint density at radius 1 is 1.52 bits per heavy atom. The van der Waals surface area contributed by atoms with E-state index in [4.69, 9.17) is 4.74 Å². The molecule has 9 nitrogen and oxygen atoms in total. The number of aromatic nitrogens is 2. The predicted octanol–water partition coefficient (Wildman–Crippen LogP) is 1.03. The lowest BCUT2D eigenvalue weighted by atomic mass is 10.2. The molecule has 1 rings (SSSR count). The molecule has 0 aliphatic carbocycles. The van der Waals surface area contributed by atoms with Crippen LogP contribution in [0.1, 0.15) is 32.0 Å². The van der Waals surface area contributed by atoms with E-state index in [0.717, 1.165) is 0 Å². The maximum Gasteiger partial charge on any atom is 0.390 e. The number of esters is 1. The Balaban J connectivity index is 2.94. The average Bonchev–Trinajstić information content (AvgIpc) is 2.88. The lowest BCUT2D eigenvalue weighted by molar-refractivity contribution is -0.389. The fourth-order valence-corrected chi connectivity index (χ4v) is 2.28. The van der Waals surface area contributed by atoms with Gasteiger partial charge in [-0.25, -0.2) is 4.79 Å².